The molecule has 0 aliphatic carbocycles. The zero-order valence-electron chi connectivity index (χ0n) is 27.0. The zero-order chi connectivity index (χ0) is 32.8. The van der Waals surface area contributed by atoms with E-state index in [0.717, 1.165) is 16.6 Å². The van der Waals surface area contributed by atoms with Crippen LogP contribution >= 0.6 is 11.3 Å². The highest BCUT2D eigenvalue weighted by Gasteiger charge is 2.18. The number of thiophene rings is 1. The summed E-state index contributed by atoms with van der Waals surface area (Å²) in [5, 5.41) is 12.3. The van der Waals surface area contributed by atoms with Gasteiger partial charge in [-0.3, -0.25) is 0 Å². The highest BCUT2D eigenvalue weighted by atomic mass is 32.1. The Balaban J connectivity index is 1.04. The number of fused-ring (bicyclic) bond motifs is 11. The first-order valence-corrected chi connectivity index (χ1v) is 17.9. The Bertz CT molecular complexity index is 3070. The van der Waals surface area contributed by atoms with E-state index in [1.165, 1.54) is 91.3 Å². The van der Waals surface area contributed by atoms with Crippen LogP contribution in [-0.4, -0.2) is 0 Å². The third kappa shape index (κ3) is 4.00. The molecule has 0 saturated carbocycles. The van der Waals surface area contributed by atoms with Crippen LogP contribution in [0.25, 0.3) is 108 Å². The monoisotopic (exact) mass is 652 g/mol. The van der Waals surface area contributed by atoms with Crippen molar-refractivity contribution in [1.29, 1.82) is 0 Å². The van der Waals surface area contributed by atoms with Gasteiger partial charge < -0.3 is 4.42 Å². The van der Waals surface area contributed by atoms with Gasteiger partial charge in [-0.2, -0.15) is 0 Å². The second kappa shape index (κ2) is 10.6. The van der Waals surface area contributed by atoms with E-state index in [4.69, 9.17) is 4.42 Å². The maximum absolute atomic E-state index is 6.72. The summed E-state index contributed by atoms with van der Waals surface area (Å²) >= 11 is 1.84. The van der Waals surface area contributed by atoms with Gasteiger partial charge >= 0.3 is 0 Å². The molecular formula is C48H28OS. The highest BCUT2D eigenvalue weighted by molar-refractivity contribution is 7.26. The van der Waals surface area contributed by atoms with Crippen LogP contribution in [0.2, 0.25) is 0 Å². The van der Waals surface area contributed by atoms with Crippen molar-refractivity contribution in [3.8, 4) is 33.4 Å². The molecule has 9 aromatic carbocycles. The number of hydrogen-bond acceptors (Lipinski definition) is 2. The lowest BCUT2D eigenvalue weighted by molar-refractivity contribution is 0.677. The van der Waals surface area contributed by atoms with Gasteiger partial charge in [0.15, 0.2) is 0 Å². The van der Waals surface area contributed by atoms with Gasteiger partial charge in [-0.15, -0.1) is 11.3 Å². The van der Waals surface area contributed by atoms with Gasteiger partial charge in [0.05, 0.1) is 0 Å². The van der Waals surface area contributed by atoms with Gasteiger partial charge in [-0.25, -0.2) is 0 Å². The average Bonchev–Trinajstić information content (AvgIpc) is 3.75. The van der Waals surface area contributed by atoms with Crippen molar-refractivity contribution in [2.45, 2.75) is 0 Å². The Hall–Kier alpha value is -6.22. The molecule has 0 saturated heterocycles. The van der Waals surface area contributed by atoms with Crippen LogP contribution in [0.15, 0.2) is 174 Å². The highest BCUT2D eigenvalue weighted by Crippen LogP contribution is 2.46. The third-order valence-corrected chi connectivity index (χ3v) is 11.6. The fourth-order valence-electron chi connectivity index (χ4n) is 8.19. The molecule has 11 rings (SSSR count). The van der Waals surface area contributed by atoms with E-state index in [1.807, 2.05) is 11.3 Å². The van der Waals surface area contributed by atoms with Crippen molar-refractivity contribution >= 4 is 85.8 Å². The molecule has 232 valence electrons. The molecule has 1 nitrogen and oxygen atoms in total. The molecular weight excluding hydrogens is 625 g/mol. The minimum Gasteiger partial charge on any atom is -0.455 e. The first-order chi connectivity index (χ1) is 24.8. The SMILES string of the molecule is c1ccc(-c2c3ccccc3c(-c3ccc(-c4ccc5c(c4)sc4ccc6c7ccc8ccccc8c7oc6c45)cc3)c3ccccc23)cc1. The van der Waals surface area contributed by atoms with E-state index in [0.29, 0.717) is 0 Å². The van der Waals surface area contributed by atoms with Crippen molar-refractivity contribution in [2.24, 2.45) is 0 Å². The predicted octanol–water partition coefficient (Wildman–Crippen LogP) is 14.4. The van der Waals surface area contributed by atoms with Crippen LogP contribution < -0.4 is 0 Å². The Kier molecular flexibility index (Phi) is 5.89. The first-order valence-electron chi connectivity index (χ1n) is 17.1. The quantitative estimate of drug-likeness (QED) is 0.173. The maximum Gasteiger partial charge on any atom is 0.144 e. The number of benzene rings is 9. The summed E-state index contributed by atoms with van der Waals surface area (Å²) in [5.74, 6) is 0. The summed E-state index contributed by atoms with van der Waals surface area (Å²) < 4.78 is 9.24. The Labute approximate surface area is 292 Å². The summed E-state index contributed by atoms with van der Waals surface area (Å²) in [4.78, 5) is 0. The van der Waals surface area contributed by atoms with E-state index >= 15 is 0 Å². The Morgan fingerprint density at radius 1 is 0.320 bits per heavy atom. The average molecular weight is 653 g/mol. The molecule has 2 aromatic heterocycles. The van der Waals surface area contributed by atoms with Gasteiger partial charge in [0.2, 0.25) is 0 Å². The van der Waals surface area contributed by atoms with Crippen molar-refractivity contribution in [3.63, 3.8) is 0 Å². The summed E-state index contributed by atoms with van der Waals surface area (Å²) in [6.45, 7) is 0. The topological polar surface area (TPSA) is 13.1 Å². The molecule has 11 aromatic rings. The lowest BCUT2D eigenvalue weighted by atomic mass is 9.86. The smallest absolute Gasteiger partial charge is 0.144 e. The van der Waals surface area contributed by atoms with Gasteiger partial charge in [-0.05, 0) is 84.6 Å². The fourth-order valence-corrected chi connectivity index (χ4v) is 9.33. The normalized spacial score (nSPS) is 12.0. The standard InChI is InChI=1S/C48H28OS/c1-2-11-31(12-3-1)44-35-14-6-8-16-37(35)45(38-17-9-7-15-36(38)44)32-20-18-29(19-21-32)33-23-25-41-43(28-33)50-42-27-26-40-39-24-22-30-10-4-5-13-34(30)47(39)49-48(40)46(41)42/h1-28H. The van der Waals surface area contributed by atoms with E-state index in [1.54, 1.807) is 0 Å². The summed E-state index contributed by atoms with van der Waals surface area (Å²) in [6.07, 6.45) is 0. The molecule has 0 N–H and O–H groups in total. The molecule has 2 heteroatoms. The maximum atomic E-state index is 6.72. The van der Waals surface area contributed by atoms with Crippen molar-refractivity contribution in [2.75, 3.05) is 0 Å². The van der Waals surface area contributed by atoms with Crippen LogP contribution in [0, 0.1) is 0 Å². The number of hydrogen-bond donors (Lipinski definition) is 0. The lowest BCUT2D eigenvalue weighted by Gasteiger charge is -2.18. The Morgan fingerprint density at radius 2 is 0.840 bits per heavy atom. The lowest BCUT2D eigenvalue weighted by Crippen LogP contribution is -1.90. The van der Waals surface area contributed by atoms with Crippen molar-refractivity contribution in [1.82, 2.24) is 0 Å². The van der Waals surface area contributed by atoms with E-state index in [9.17, 15) is 0 Å². The molecule has 0 spiro atoms. The fraction of sp³-hybridized carbons (Fsp3) is 0. The summed E-state index contributed by atoms with van der Waals surface area (Å²) in [5.41, 5.74) is 9.43. The third-order valence-electron chi connectivity index (χ3n) is 10.5. The first kappa shape index (κ1) is 27.7. The van der Waals surface area contributed by atoms with Gasteiger partial charge in [0, 0.05) is 36.3 Å². The molecule has 0 aliphatic rings. The largest absolute Gasteiger partial charge is 0.455 e. The number of furan rings is 1. The second-order valence-corrected chi connectivity index (χ2v) is 14.3. The second-order valence-electron chi connectivity index (χ2n) is 13.2. The molecule has 0 atom stereocenters. The molecule has 0 aliphatic heterocycles. The summed E-state index contributed by atoms with van der Waals surface area (Å²) in [6, 6.07) is 61.9. The van der Waals surface area contributed by atoms with Gasteiger partial charge in [0.1, 0.15) is 11.2 Å². The van der Waals surface area contributed by atoms with Gasteiger partial charge in [0.25, 0.3) is 0 Å². The molecule has 0 radical (unpaired) electrons. The van der Waals surface area contributed by atoms with Gasteiger partial charge in [-0.1, -0.05) is 146 Å². The van der Waals surface area contributed by atoms with Crippen LogP contribution in [-0.2, 0) is 0 Å². The van der Waals surface area contributed by atoms with E-state index in [-0.39, 0.29) is 0 Å². The number of rotatable bonds is 3. The predicted molar refractivity (Wildman–Crippen MR) is 215 cm³/mol. The van der Waals surface area contributed by atoms with Crippen LogP contribution in [0.4, 0.5) is 0 Å². The molecule has 0 amide bonds. The van der Waals surface area contributed by atoms with E-state index in [2.05, 4.69) is 170 Å². The molecule has 50 heavy (non-hydrogen) atoms. The van der Waals surface area contributed by atoms with Crippen molar-refractivity contribution in [3.05, 3.63) is 170 Å². The van der Waals surface area contributed by atoms with Crippen LogP contribution in [0.3, 0.4) is 0 Å². The molecule has 0 bridgehead atoms. The van der Waals surface area contributed by atoms with E-state index < -0.39 is 0 Å². The Morgan fingerprint density at radius 3 is 1.54 bits per heavy atom. The van der Waals surface area contributed by atoms with Crippen molar-refractivity contribution < 1.29 is 4.42 Å². The minimum absolute atomic E-state index is 0.969. The zero-order valence-corrected chi connectivity index (χ0v) is 27.8. The van der Waals surface area contributed by atoms with Crippen LogP contribution in [0.5, 0.6) is 0 Å². The minimum atomic E-state index is 0.969. The molecule has 0 fully saturated rings. The summed E-state index contributed by atoms with van der Waals surface area (Å²) in [7, 11) is 0. The molecule has 0 unspecified atom stereocenters. The molecule has 2 heterocycles. The van der Waals surface area contributed by atoms with Crippen LogP contribution in [0.1, 0.15) is 0 Å².